The van der Waals surface area contributed by atoms with Crippen molar-refractivity contribution in [3.8, 4) is 11.3 Å². The molecule has 0 radical (unpaired) electrons. The molecule has 1 aromatic carbocycles. The molecular formula is C12H11N5O. The average molecular weight is 241 g/mol. The number of benzene rings is 1. The Morgan fingerprint density at radius 2 is 1.78 bits per heavy atom. The highest BCUT2D eigenvalue weighted by Gasteiger charge is 2.15. The molecule has 0 aliphatic rings. The largest absolute Gasteiger partial charge is 0.294 e. The maximum atomic E-state index is 12.0. The number of hydrogen-bond donors (Lipinski definition) is 0. The van der Waals surface area contributed by atoms with Gasteiger partial charge in [0.25, 0.3) is 5.56 Å². The van der Waals surface area contributed by atoms with Crippen LogP contribution in [0.2, 0.25) is 0 Å². The molecule has 0 unspecified atom stereocenters. The first-order valence-corrected chi connectivity index (χ1v) is 5.50. The molecular weight excluding hydrogens is 230 g/mol. The first-order valence-electron chi connectivity index (χ1n) is 5.50. The molecule has 2 aromatic heterocycles. The third-order valence-electron chi connectivity index (χ3n) is 2.84. The molecule has 0 aliphatic carbocycles. The number of aryl methyl sites for hydroxylation is 2. The first kappa shape index (κ1) is 10.6. The molecule has 6 nitrogen and oxygen atoms in total. The van der Waals surface area contributed by atoms with E-state index in [4.69, 9.17) is 0 Å². The van der Waals surface area contributed by atoms with Crippen LogP contribution in [0.1, 0.15) is 0 Å². The van der Waals surface area contributed by atoms with Crippen molar-refractivity contribution >= 4 is 11.0 Å². The quantitative estimate of drug-likeness (QED) is 0.630. The summed E-state index contributed by atoms with van der Waals surface area (Å²) in [5.74, 6) is 0. The van der Waals surface area contributed by atoms with E-state index < -0.39 is 0 Å². The van der Waals surface area contributed by atoms with Gasteiger partial charge in [0.05, 0.1) is 0 Å². The van der Waals surface area contributed by atoms with Crippen LogP contribution >= 0.6 is 0 Å². The highest BCUT2D eigenvalue weighted by molar-refractivity contribution is 5.87. The smallest absolute Gasteiger partial charge is 0.265 e. The lowest BCUT2D eigenvalue weighted by molar-refractivity contribution is 0.701. The fourth-order valence-electron chi connectivity index (χ4n) is 1.94. The molecule has 3 aromatic rings. The summed E-state index contributed by atoms with van der Waals surface area (Å²) >= 11 is 0. The van der Waals surface area contributed by atoms with Crippen molar-refractivity contribution in [3.05, 3.63) is 40.7 Å². The van der Waals surface area contributed by atoms with Gasteiger partial charge < -0.3 is 0 Å². The van der Waals surface area contributed by atoms with E-state index >= 15 is 0 Å². The zero-order chi connectivity index (χ0) is 12.7. The van der Waals surface area contributed by atoms with E-state index in [0.29, 0.717) is 16.7 Å². The number of aromatic nitrogens is 5. The van der Waals surface area contributed by atoms with E-state index in [-0.39, 0.29) is 5.56 Å². The highest BCUT2D eigenvalue weighted by atomic mass is 16.1. The van der Waals surface area contributed by atoms with Crippen LogP contribution in [0.15, 0.2) is 35.1 Å². The number of fused-ring (bicyclic) bond motifs is 1. The summed E-state index contributed by atoms with van der Waals surface area (Å²) in [5, 5.41) is 12.2. The van der Waals surface area contributed by atoms with E-state index in [2.05, 4.69) is 15.4 Å². The fourth-order valence-corrected chi connectivity index (χ4v) is 1.94. The van der Waals surface area contributed by atoms with Crippen molar-refractivity contribution in [2.24, 2.45) is 14.1 Å². The van der Waals surface area contributed by atoms with E-state index in [1.54, 1.807) is 14.1 Å². The van der Waals surface area contributed by atoms with Crippen LogP contribution in [0.5, 0.6) is 0 Å². The second kappa shape index (κ2) is 3.76. The molecule has 2 heterocycles. The van der Waals surface area contributed by atoms with Crippen LogP contribution in [-0.4, -0.2) is 24.8 Å². The minimum absolute atomic E-state index is 0.197. The van der Waals surface area contributed by atoms with Gasteiger partial charge in [-0.1, -0.05) is 35.5 Å². The monoisotopic (exact) mass is 241 g/mol. The SMILES string of the molecule is Cn1nc(-c2ccccc2)c2nnn(C)c2c1=O. The minimum atomic E-state index is -0.197. The Morgan fingerprint density at radius 3 is 2.50 bits per heavy atom. The molecule has 0 fully saturated rings. The van der Waals surface area contributed by atoms with Gasteiger partial charge in [0.2, 0.25) is 0 Å². The Labute approximate surface area is 102 Å². The average Bonchev–Trinajstić information content (AvgIpc) is 2.77. The lowest BCUT2D eigenvalue weighted by atomic mass is 10.1. The zero-order valence-electron chi connectivity index (χ0n) is 10.0. The van der Waals surface area contributed by atoms with Crippen molar-refractivity contribution < 1.29 is 0 Å². The van der Waals surface area contributed by atoms with Gasteiger partial charge >= 0.3 is 0 Å². The molecule has 0 spiro atoms. The number of rotatable bonds is 1. The number of hydrogen-bond acceptors (Lipinski definition) is 4. The molecule has 18 heavy (non-hydrogen) atoms. The van der Waals surface area contributed by atoms with E-state index in [0.717, 1.165) is 5.56 Å². The molecule has 0 aliphatic heterocycles. The molecule has 0 N–H and O–H groups in total. The molecule has 0 bridgehead atoms. The third kappa shape index (κ3) is 1.42. The first-order chi connectivity index (χ1) is 8.68. The highest BCUT2D eigenvalue weighted by Crippen LogP contribution is 2.21. The molecule has 0 atom stereocenters. The third-order valence-corrected chi connectivity index (χ3v) is 2.84. The summed E-state index contributed by atoms with van der Waals surface area (Å²) in [7, 11) is 3.33. The zero-order valence-corrected chi connectivity index (χ0v) is 10.0. The summed E-state index contributed by atoms with van der Waals surface area (Å²) in [5.41, 5.74) is 2.38. The van der Waals surface area contributed by atoms with Crippen LogP contribution in [0, 0.1) is 0 Å². The van der Waals surface area contributed by atoms with Crippen LogP contribution in [0.4, 0.5) is 0 Å². The second-order valence-corrected chi connectivity index (χ2v) is 4.05. The Kier molecular flexibility index (Phi) is 2.22. The van der Waals surface area contributed by atoms with Crippen molar-refractivity contribution in [2.75, 3.05) is 0 Å². The minimum Gasteiger partial charge on any atom is -0.265 e. The molecule has 0 saturated carbocycles. The van der Waals surface area contributed by atoms with Gasteiger partial charge in [-0.05, 0) is 0 Å². The summed E-state index contributed by atoms with van der Waals surface area (Å²) in [6, 6.07) is 9.63. The van der Waals surface area contributed by atoms with Crippen LogP contribution in [0.25, 0.3) is 22.3 Å². The van der Waals surface area contributed by atoms with Crippen LogP contribution < -0.4 is 5.56 Å². The lowest BCUT2D eigenvalue weighted by Crippen LogP contribution is -2.22. The van der Waals surface area contributed by atoms with Crippen LogP contribution in [0.3, 0.4) is 0 Å². The topological polar surface area (TPSA) is 65.6 Å². The van der Waals surface area contributed by atoms with Gasteiger partial charge in [0.1, 0.15) is 11.2 Å². The van der Waals surface area contributed by atoms with Crippen molar-refractivity contribution in [2.45, 2.75) is 0 Å². The van der Waals surface area contributed by atoms with E-state index in [1.165, 1.54) is 9.36 Å². The van der Waals surface area contributed by atoms with Crippen molar-refractivity contribution in [3.63, 3.8) is 0 Å². The standard InChI is InChI=1S/C12H11N5O/c1-16-11-10(13-15-16)9(14-17(2)12(11)18)8-6-4-3-5-7-8/h3-7H,1-2H3. The van der Waals surface area contributed by atoms with Gasteiger partial charge in [0, 0.05) is 19.7 Å². The molecule has 3 rings (SSSR count). The van der Waals surface area contributed by atoms with Gasteiger partial charge in [0.15, 0.2) is 5.52 Å². The summed E-state index contributed by atoms with van der Waals surface area (Å²) < 4.78 is 2.79. The summed E-state index contributed by atoms with van der Waals surface area (Å²) in [6.45, 7) is 0. The van der Waals surface area contributed by atoms with Gasteiger partial charge in [-0.3, -0.25) is 4.79 Å². The Bertz CT molecular complexity index is 772. The second-order valence-electron chi connectivity index (χ2n) is 4.05. The van der Waals surface area contributed by atoms with Gasteiger partial charge in [-0.25, -0.2) is 9.36 Å². The molecule has 0 amide bonds. The normalized spacial score (nSPS) is 11.0. The van der Waals surface area contributed by atoms with Crippen LogP contribution in [-0.2, 0) is 14.1 Å². The number of nitrogens with zero attached hydrogens (tertiary/aromatic N) is 5. The van der Waals surface area contributed by atoms with Gasteiger partial charge in [-0.2, -0.15) is 5.10 Å². The lowest BCUT2D eigenvalue weighted by Gasteiger charge is -2.04. The Morgan fingerprint density at radius 1 is 1.06 bits per heavy atom. The van der Waals surface area contributed by atoms with Gasteiger partial charge in [-0.15, -0.1) is 5.10 Å². The van der Waals surface area contributed by atoms with Crippen molar-refractivity contribution in [1.29, 1.82) is 0 Å². The molecule has 6 heteroatoms. The van der Waals surface area contributed by atoms with E-state index in [1.807, 2.05) is 30.3 Å². The summed E-state index contributed by atoms with van der Waals surface area (Å²) in [6.07, 6.45) is 0. The van der Waals surface area contributed by atoms with E-state index in [9.17, 15) is 4.79 Å². The molecule has 90 valence electrons. The summed E-state index contributed by atoms with van der Waals surface area (Å²) in [4.78, 5) is 12.0. The fraction of sp³-hybridized carbons (Fsp3) is 0.167. The Hall–Kier alpha value is -2.50. The molecule has 0 saturated heterocycles. The Balaban J connectivity index is 2.45. The van der Waals surface area contributed by atoms with Crippen molar-refractivity contribution in [1.82, 2.24) is 24.8 Å². The maximum absolute atomic E-state index is 12.0. The predicted molar refractivity (Wildman–Crippen MR) is 67.0 cm³/mol. The maximum Gasteiger partial charge on any atom is 0.294 e. The predicted octanol–water partition coefficient (Wildman–Crippen LogP) is 0.729.